The van der Waals surface area contributed by atoms with Gasteiger partial charge in [0.25, 0.3) is 10.0 Å². The van der Waals surface area contributed by atoms with E-state index in [0.29, 0.717) is 16.6 Å². The number of rotatable bonds is 5. The Labute approximate surface area is 141 Å². The van der Waals surface area contributed by atoms with Crippen molar-refractivity contribution >= 4 is 38.6 Å². The zero-order valence-electron chi connectivity index (χ0n) is 11.6. The minimum Gasteiger partial charge on any atom is -0.276 e. The van der Waals surface area contributed by atoms with Crippen molar-refractivity contribution in [3.63, 3.8) is 0 Å². The molecule has 0 aliphatic carbocycles. The molecule has 0 radical (unpaired) electrons. The first-order valence-electron chi connectivity index (χ1n) is 6.47. The van der Waals surface area contributed by atoms with Gasteiger partial charge in [0.05, 0.1) is 22.8 Å². The molecule has 0 spiro atoms. The lowest BCUT2D eigenvalue weighted by molar-refractivity contribution is 0.603. The molecule has 0 unspecified atom stereocenters. The van der Waals surface area contributed by atoms with Gasteiger partial charge in [-0.05, 0) is 29.8 Å². The molecule has 2 heterocycles. The summed E-state index contributed by atoms with van der Waals surface area (Å²) in [7, 11) is -3.68. The zero-order valence-corrected chi connectivity index (χ0v) is 14.0. The summed E-state index contributed by atoms with van der Waals surface area (Å²) in [5, 5.41) is 4.09. The minimum atomic E-state index is -3.68. The SMILES string of the molecule is O=S(=O)(Nc1cnn(Cc2ccc(F)cc2)c1)c1ccc(Cl)s1. The van der Waals surface area contributed by atoms with Gasteiger partial charge < -0.3 is 0 Å². The van der Waals surface area contributed by atoms with Gasteiger partial charge in [-0.3, -0.25) is 9.40 Å². The Morgan fingerprint density at radius 2 is 1.96 bits per heavy atom. The Morgan fingerprint density at radius 3 is 2.61 bits per heavy atom. The molecule has 1 aromatic carbocycles. The monoisotopic (exact) mass is 371 g/mol. The molecule has 0 aliphatic rings. The van der Waals surface area contributed by atoms with Crippen LogP contribution in [0.3, 0.4) is 0 Å². The lowest BCUT2D eigenvalue weighted by Gasteiger charge is -2.03. The Balaban J connectivity index is 1.73. The maximum absolute atomic E-state index is 12.9. The van der Waals surface area contributed by atoms with E-state index >= 15 is 0 Å². The van der Waals surface area contributed by atoms with Gasteiger partial charge in [0.2, 0.25) is 0 Å². The van der Waals surface area contributed by atoms with E-state index in [1.54, 1.807) is 23.0 Å². The van der Waals surface area contributed by atoms with Crippen molar-refractivity contribution < 1.29 is 12.8 Å². The van der Waals surface area contributed by atoms with Crippen LogP contribution in [0.25, 0.3) is 0 Å². The average molecular weight is 372 g/mol. The van der Waals surface area contributed by atoms with Crippen LogP contribution in [0.15, 0.2) is 53.0 Å². The fourth-order valence-electron chi connectivity index (χ4n) is 1.93. The van der Waals surface area contributed by atoms with Crippen molar-refractivity contribution in [1.82, 2.24) is 9.78 Å². The minimum absolute atomic E-state index is 0.133. The highest BCUT2D eigenvalue weighted by molar-refractivity contribution is 7.94. The summed E-state index contributed by atoms with van der Waals surface area (Å²) in [5.41, 5.74) is 1.20. The van der Waals surface area contributed by atoms with E-state index in [1.807, 2.05) is 0 Å². The first-order chi connectivity index (χ1) is 10.9. The number of hydrogen-bond acceptors (Lipinski definition) is 4. The smallest absolute Gasteiger partial charge is 0.271 e. The number of nitrogens with zero attached hydrogens (tertiary/aromatic N) is 2. The highest BCUT2D eigenvalue weighted by atomic mass is 35.5. The third-order valence-corrected chi connectivity index (χ3v) is 6.06. The van der Waals surface area contributed by atoms with Crippen LogP contribution >= 0.6 is 22.9 Å². The molecule has 3 rings (SSSR count). The largest absolute Gasteiger partial charge is 0.276 e. The summed E-state index contributed by atoms with van der Waals surface area (Å²) in [6, 6.07) is 8.99. The zero-order chi connectivity index (χ0) is 16.4. The maximum Gasteiger partial charge on any atom is 0.271 e. The fraction of sp³-hybridized carbons (Fsp3) is 0.0714. The second-order valence-corrected chi connectivity index (χ2v) is 8.34. The summed E-state index contributed by atoms with van der Waals surface area (Å²) in [6.45, 7) is 0.410. The summed E-state index contributed by atoms with van der Waals surface area (Å²) in [4.78, 5) is 0. The van der Waals surface area contributed by atoms with Gasteiger partial charge in [-0.1, -0.05) is 23.7 Å². The summed E-state index contributed by atoms with van der Waals surface area (Å²) < 4.78 is 41.8. The van der Waals surface area contributed by atoms with Crippen molar-refractivity contribution in [3.05, 3.63) is 64.5 Å². The van der Waals surface area contributed by atoms with Crippen molar-refractivity contribution in [1.29, 1.82) is 0 Å². The second-order valence-electron chi connectivity index (χ2n) is 4.72. The van der Waals surface area contributed by atoms with Gasteiger partial charge in [0, 0.05) is 6.20 Å². The molecule has 0 fully saturated rings. The van der Waals surface area contributed by atoms with Gasteiger partial charge in [0.15, 0.2) is 0 Å². The maximum atomic E-state index is 12.9. The summed E-state index contributed by atoms with van der Waals surface area (Å²) >= 11 is 6.74. The predicted molar refractivity (Wildman–Crippen MR) is 87.9 cm³/mol. The number of hydrogen-bond donors (Lipinski definition) is 1. The molecule has 2 aromatic heterocycles. The lowest BCUT2D eigenvalue weighted by Crippen LogP contribution is -2.10. The normalized spacial score (nSPS) is 11.6. The van der Waals surface area contributed by atoms with Gasteiger partial charge in [0.1, 0.15) is 10.0 Å². The number of nitrogens with one attached hydrogen (secondary N) is 1. The molecule has 0 amide bonds. The van der Waals surface area contributed by atoms with E-state index in [0.717, 1.165) is 16.9 Å². The molecule has 0 aliphatic heterocycles. The standard InChI is InChI=1S/C14H11ClFN3O2S2/c15-13-5-6-14(22-13)23(20,21)18-12-7-17-19(9-12)8-10-1-3-11(16)4-2-10/h1-7,9,18H,8H2. The molecule has 0 atom stereocenters. The fourth-order valence-corrected chi connectivity index (χ4v) is 4.44. The van der Waals surface area contributed by atoms with Gasteiger partial charge in [-0.2, -0.15) is 5.10 Å². The Hall–Kier alpha value is -1.90. The molecule has 120 valence electrons. The molecule has 23 heavy (non-hydrogen) atoms. The van der Waals surface area contributed by atoms with Crippen LogP contribution in [0, 0.1) is 5.82 Å². The highest BCUT2D eigenvalue weighted by Crippen LogP contribution is 2.27. The Morgan fingerprint density at radius 1 is 1.22 bits per heavy atom. The van der Waals surface area contributed by atoms with E-state index < -0.39 is 10.0 Å². The van der Waals surface area contributed by atoms with Gasteiger partial charge in [-0.25, -0.2) is 12.8 Å². The van der Waals surface area contributed by atoms with E-state index in [-0.39, 0.29) is 10.0 Å². The van der Waals surface area contributed by atoms with Crippen LogP contribution in [0.5, 0.6) is 0 Å². The van der Waals surface area contributed by atoms with Crippen LogP contribution < -0.4 is 4.72 Å². The van der Waals surface area contributed by atoms with E-state index in [4.69, 9.17) is 11.6 Å². The predicted octanol–water partition coefficient (Wildman–Crippen LogP) is 3.59. The van der Waals surface area contributed by atoms with E-state index in [2.05, 4.69) is 9.82 Å². The number of sulfonamides is 1. The van der Waals surface area contributed by atoms with Crippen LogP contribution in [0.2, 0.25) is 4.34 Å². The molecular formula is C14H11ClFN3O2S2. The molecule has 0 saturated heterocycles. The van der Waals surface area contributed by atoms with E-state index in [1.165, 1.54) is 30.5 Å². The third-order valence-electron chi connectivity index (χ3n) is 2.96. The van der Waals surface area contributed by atoms with Crippen LogP contribution in [0.1, 0.15) is 5.56 Å². The number of thiophene rings is 1. The third kappa shape index (κ3) is 3.90. The molecule has 0 bridgehead atoms. The number of halogens is 2. The molecule has 5 nitrogen and oxygen atoms in total. The molecule has 1 N–H and O–H groups in total. The number of benzene rings is 1. The van der Waals surface area contributed by atoms with Crippen molar-refractivity contribution in [3.8, 4) is 0 Å². The van der Waals surface area contributed by atoms with Crippen molar-refractivity contribution in [2.45, 2.75) is 10.8 Å². The van der Waals surface area contributed by atoms with Gasteiger partial charge in [-0.15, -0.1) is 11.3 Å². The second kappa shape index (κ2) is 6.31. The molecular weight excluding hydrogens is 361 g/mol. The number of aromatic nitrogens is 2. The molecule has 9 heteroatoms. The van der Waals surface area contributed by atoms with Gasteiger partial charge >= 0.3 is 0 Å². The quantitative estimate of drug-likeness (QED) is 0.745. The number of anilines is 1. The molecule has 0 saturated carbocycles. The Kier molecular flexibility index (Phi) is 4.38. The first kappa shape index (κ1) is 16.0. The lowest BCUT2D eigenvalue weighted by atomic mass is 10.2. The summed E-state index contributed by atoms with van der Waals surface area (Å²) in [5.74, 6) is -0.308. The van der Waals surface area contributed by atoms with E-state index in [9.17, 15) is 12.8 Å². The average Bonchev–Trinajstić information content (AvgIpc) is 3.11. The Bertz CT molecular complexity index is 920. The van der Waals surface area contributed by atoms with Crippen LogP contribution in [-0.4, -0.2) is 18.2 Å². The molecule has 3 aromatic rings. The topological polar surface area (TPSA) is 64.0 Å². The first-order valence-corrected chi connectivity index (χ1v) is 9.15. The van der Waals surface area contributed by atoms with Crippen LogP contribution in [0.4, 0.5) is 10.1 Å². The van der Waals surface area contributed by atoms with Crippen molar-refractivity contribution in [2.24, 2.45) is 0 Å². The summed E-state index contributed by atoms with van der Waals surface area (Å²) in [6.07, 6.45) is 2.98. The van der Waals surface area contributed by atoms with Crippen LogP contribution in [-0.2, 0) is 16.6 Å². The van der Waals surface area contributed by atoms with Crippen molar-refractivity contribution in [2.75, 3.05) is 4.72 Å². The highest BCUT2D eigenvalue weighted by Gasteiger charge is 2.17.